The van der Waals surface area contributed by atoms with Gasteiger partial charge >= 0.3 is 6.18 Å². The highest BCUT2D eigenvalue weighted by atomic mass is 32.2. The summed E-state index contributed by atoms with van der Waals surface area (Å²) in [5.41, 5.74) is -0.413. The van der Waals surface area contributed by atoms with E-state index in [1.165, 1.54) is 12.1 Å². The molecule has 0 spiro atoms. The van der Waals surface area contributed by atoms with Crippen molar-refractivity contribution in [3.05, 3.63) is 47.7 Å². The van der Waals surface area contributed by atoms with Gasteiger partial charge in [-0.05, 0) is 31.5 Å². The smallest absolute Gasteiger partial charge is 0.417 e. The van der Waals surface area contributed by atoms with Crippen LogP contribution in [-0.2, 0) is 16.2 Å². The van der Waals surface area contributed by atoms with Gasteiger partial charge in [0.2, 0.25) is 15.9 Å². The standard InChI is InChI=1S/C17H18F3N3O3S/c1-12-6-7-16(22-21-12)26-11-13-8-9-23(10-13)27(24,25)15-5-3-2-4-14(15)17(18,19)20/h2-7,13H,8-11H2,1H3. The molecular weight excluding hydrogens is 383 g/mol. The molecule has 1 aromatic heterocycles. The van der Waals surface area contributed by atoms with Gasteiger partial charge in [0.05, 0.1) is 22.8 Å². The van der Waals surface area contributed by atoms with E-state index in [9.17, 15) is 21.6 Å². The van der Waals surface area contributed by atoms with Crippen LogP contribution in [0, 0.1) is 12.8 Å². The van der Waals surface area contributed by atoms with Crippen LogP contribution < -0.4 is 4.74 Å². The van der Waals surface area contributed by atoms with Gasteiger partial charge in [-0.25, -0.2) is 8.42 Å². The largest absolute Gasteiger partial charge is 0.476 e. The molecule has 1 unspecified atom stereocenters. The number of aromatic nitrogens is 2. The predicted octanol–water partition coefficient (Wildman–Crippen LogP) is 2.89. The maximum atomic E-state index is 13.2. The summed E-state index contributed by atoms with van der Waals surface area (Å²) in [6, 6.07) is 7.62. The Labute approximate surface area is 155 Å². The predicted molar refractivity (Wildman–Crippen MR) is 90.6 cm³/mol. The maximum Gasteiger partial charge on any atom is 0.417 e. The van der Waals surface area contributed by atoms with Crippen LogP contribution in [0.2, 0.25) is 0 Å². The highest BCUT2D eigenvalue weighted by Gasteiger charge is 2.40. The normalized spacial score (nSPS) is 18.6. The third kappa shape index (κ3) is 4.38. The first-order valence-corrected chi connectivity index (χ1v) is 9.71. The van der Waals surface area contributed by atoms with Crippen LogP contribution in [0.1, 0.15) is 17.7 Å². The highest BCUT2D eigenvalue weighted by Crippen LogP contribution is 2.36. The molecule has 0 saturated carbocycles. The van der Waals surface area contributed by atoms with Gasteiger partial charge in [0.25, 0.3) is 0 Å². The number of nitrogens with zero attached hydrogens (tertiary/aromatic N) is 3. The van der Waals surface area contributed by atoms with Gasteiger partial charge in [-0.2, -0.15) is 22.6 Å². The molecule has 1 saturated heterocycles. The lowest BCUT2D eigenvalue weighted by molar-refractivity contribution is -0.139. The fourth-order valence-electron chi connectivity index (χ4n) is 2.88. The quantitative estimate of drug-likeness (QED) is 0.770. The van der Waals surface area contributed by atoms with Crippen LogP contribution in [0.4, 0.5) is 13.2 Å². The van der Waals surface area contributed by atoms with Gasteiger partial charge in [-0.3, -0.25) is 0 Å². The van der Waals surface area contributed by atoms with Crippen LogP contribution in [0.5, 0.6) is 5.88 Å². The van der Waals surface area contributed by atoms with Gasteiger partial charge in [-0.1, -0.05) is 12.1 Å². The van der Waals surface area contributed by atoms with Crippen molar-refractivity contribution in [1.29, 1.82) is 0 Å². The van der Waals surface area contributed by atoms with Crippen molar-refractivity contribution in [2.45, 2.75) is 24.4 Å². The van der Waals surface area contributed by atoms with E-state index in [0.717, 1.165) is 22.1 Å². The summed E-state index contributed by atoms with van der Waals surface area (Å²) in [6.45, 7) is 2.23. The fourth-order valence-corrected chi connectivity index (χ4v) is 4.63. The van der Waals surface area contributed by atoms with Gasteiger partial charge in [0, 0.05) is 25.1 Å². The van der Waals surface area contributed by atoms with Gasteiger partial charge in [-0.15, -0.1) is 5.10 Å². The summed E-state index contributed by atoms with van der Waals surface area (Å²) < 4.78 is 71.5. The molecule has 2 aromatic rings. The molecule has 1 aromatic carbocycles. The average molecular weight is 401 g/mol. The minimum absolute atomic E-state index is 0.0911. The summed E-state index contributed by atoms with van der Waals surface area (Å²) in [7, 11) is -4.24. The number of sulfonamides is 1. The molecule has 3 rings (SSSR count). The first-order valence-electron chi connectivity index (χ1n) is 8.27. The minimum atomic E-state index is -4.74. The Bertz CT molecular complexity index is 902. The van der Waals surface area contributed by atoms with Gasteiger partial charge in [0.15, 0.2) is 0 Å². The number of aryl methyl sites for hydroxylation is 1. The molecule has 1 fully saturated rings. The van der Waals surface area contributed by atoms with E-state index in [-0.39, 0.29) is 25.6 Å². The molecule has 0 amide bonds. The second-order valence-electron chi connectivity index (χ2n) is 6.34. The van der Waals surface area contributed by atoms with E-state index in [0.29, 0.717) is 12.3 Å². The van der Waals surface area contributed by atoms with E-state index in [1.54, 1.807) is 19.1 Å². The van der Waals surface area contributed by atoms with Crippen LogP contribution in [0.25, 0.3) is 0 Å². The number of halogens is 3. The topological polar surface area (TPSA) is 72.4 Å². The summed E-state index contributed by atoms with van der Waals surface area (Å²) in [5.74, 6) is 0.185. The highest BCUT2D eigenvalue weighted by molar-refractivity contribution is 7.89. The Hall–Kier alpha value is -2.20. The molecule has 1 aliphatic rings. The minimum Gasteiger partial charge on any atom is -0.476 e. The molecule has 0 N–H and O–H groups in total. The number of ether oxygens (including phenoxy) is 1. The van der Waals surface area contributed by atoms with Crippen molar-refractivity contribution in [3.63, 3.8) is 0 Å². The molecular formula is C17H18F3N3O3S. The van der Waals surface area contributed by atoms with Crippen LogP contribution in [0.15, 0.2) is 41.3 Å². The Morgan fingerprint density at radius 1 is 1.19 bits per heavy atom. The fraction of sp³-hybridized carbons (Fsp3) is 0.412. The first-order chi connectivity index (χ1) is 12.7. The molecule has 0 bridgehead atoms. The molecule has 6 nitrogen and oxygen atoms in total. The van der Waals surface area contributed by atoms with E-state index in [1.807, 2.05) is 0 Å². The summed E-state index contributed by atoms with van der Waals surface area (Å²) in [6.07, 6.45) is -4.25. The summed E-state index contributed by atoms with van der Waals surface area (Å²) in [4.78, 5) is -0.719. The molecule has 1 atom stereocenters. The zero-order valence-electron chi connectivity index (χ0n) is 14.5. The molecule has 146 valence electrons. The van der Waals surface area contributed by atoms with Crippen LogP contribution in [-0.4, -0.2) is 42.6 Å². The lowest BCUT2D eigenvalue weighted by atomic mass is 10.1. The van der Waals surface area contributed by atoms with Crippen molar-refractivity contribution >= 4 is 10.0 Å². The Morgan fingerprint density at radius 3 is 2.59 bits per heavy atom. The zero-order chi connectivity index (χ0) is 19.7. The van der Waals surface area contributed by atoms with Crippen molar-refractivity contribution in [2.24, 2.45) is 5.92 Å². The van der Waals surface area contributed by atoms with Crippen molar-refractivity contribution in [2.75, 3.05) is 19.7 Å². The Kier molecular flexibility index (Phi) is 5.38. The molecule has 27 heavy (non-hydrogen) atoms. The van der Waals surface area contributed by atoms with E-state index >= 15 is 0 Å². The SMILES string of the molecule is Cc1ccc(OCC2CCN(S(=O)(=O)c3ccccc3C(F)(F)F)C2)nn1. The van der Waals surface area contributed by atoms with Crippen molar-refractivity contribution in [3.8, 4) is 5.88 Å². The lowest BCUT2D eigenvalue weighted by Crippen LogP contribution is -2.31. The van der Waals surface area contributed by atoms with Crippen molar-refractivity contribution in [1.82, 2.24) is 14.5 Å². The number of rotatable bonds is 5. The second-order valence-corrected chi connectivity index (χ2v) is 8.24. The molecule has 2 heterocycles. The Balaban J connectivity index is 1.70. The molecule has 0 radical (unpaired) electrons. The molecule has 1 aliphatic heterocycles. The molecule has 10 heteroatoms. The molecule has 0 aliphatic carbocycles. The van der Waals surface area contributed by atoms with Crippen LogP contribution >= 0.6 is 0 Å². The van der Waals surface area contributed by atoms with Crippen molar-refractivity contribution < 1.29 is 26.3 Å². The number of benzene rings is 1. The van der Waals surface area contributed by atoms with E-state index < -0.39 is 26.7 Å². The number of hydrogen-bond acceptors (Lipinski definition) is 5. The summed E-state index contributed by atoms with van der Waals surface area (Å²) >= 11 is 0. The third-order valence-corrected chi connectivity index (χ3v) is 6.22. The Morgan fingerprint density at radius 2 is 1.93 bits per heavy atom. The monoisotopic (exact) mass is 401 g/mol. The number of hydrogen-bond donors (Lipinski definition) is 0. The van der Waals surface area contributed by atoms with Gasteiger partial charge in [0.1, 0.15) is 0 Å². The maximum absolute atomic E-state index is 13.2. The lowest BCUT2D eigenvalue weighted by Gasteiger charge is -2.20. The summed E-state index contributed by atoms with van der Waals surface area (Å²) in [5, 5.41) is 7.73. The van der Waals surface area contributed by atoms with Gasteiger partial charge < -0.3 is 4.74 Å². The zero-order valence-corrected chi connectivity index (χ0v) is 15.3. The van der Waals surface area contributed by atoms with E-state index in [2.05, 4.69) is 10.2 Å². The number of alkyl halides is 3. The second kappa shape index (κ2) is 7.43. The average Bonchev–Trinajstić information content (AvgIpc) is 3.10. The van der Waals surface area contributed by atoms with E-state index in [4.69, 9.17) is 4.74 Å². The third-order valence-electron chi connectivity index (χ3n) is 4.30. The first kappa shape index (κ1) is 19.6. The van der Waals surface area contributed by atoms with Crippen LogP contribution in [0.3, 0.4) is 0 Å².